The van der Waals surface area contributed by atoms with E-state index in [9.17, 15) is 13.5 Å². The van der Waals surface area contributed by atoms with Crippen molar-refractivity contribution in [1.29, 1.82) is 0 Å². The van der Waals surface area contributed by atoms with Crippen molar-refractivity contribution in [1.82, 2.24) is 4.72 Å². The number of anilines is 1. The molecule has 0 radical (unpaired) electrons. The smallest absolute Gasteiger partial charge is 0.243 e. The van der Waals surface area contributed by atoms with E-state index >= 15 is 0 Å². The summed E-state index contributed by atoms with van der Waals surface area (Å²) in [5.41, 5.74) is 6.14. The molecule has 1 aliphatic rings. The lowest BCUT2D eigenvalue weighted by Gasteiger charge is -2.20. The third kappa shape index (κ3) is 3.36. The van der Waals surface area contributed by atoms with Crippen molar-refractivity contribution in [2.24, 2.45) is 5.92 Å². The Morgan fingerprint density at radius 3 is 2.45 bits per heavy atom. The minimum absolute atomic E-state index is 0.00271. The molecule has 0 bridgehead atoms. The third-order valence-electron chi connectivity index (χ3n) is 3.49. The number of sulfonamides is 1. The first kappa shape index (κ1) is 16.2. The number of aliphatic hydroxyl groups is 1. The molecule has 1 fully saturated rings. The molecule has 1 saturated carbocycles. The van der Waals surface area contributed by atoms with Gasteiger partial charge in [-0.25, -0.2) is 13.1 Å². The van der Waals surface area contributed by atoms with Crippen molar-refractivity contribution in [3.8, 4) is 0 Å². The van der Waals surface area contributed by atoms with Crippen LogP contribution in [0.3, 0.4) is 0 Å². The summed E-state index contributed by atoms with van der Waals surface area (Å²) in [5, 5.41) is 9.28. The number of nitrogen functional groups attached to an aromatic ring is 1. The first-order valence-electron chi connectivity index (χ1n) is 6.23. The predicted molar refractivity (Wildman–Crippen MR) is 84.8 cm³/mol. The molecule has 0 amide bonds. The minimum Gasteiger partial charge on any atom is -0.399 e. The molecule has 0 aromatic heterocycles. The second-order valence-electron chi connectivity index (χ2n) is 4.92. The molecule has 20 heavy (non-hydrogen) atoms. The fraction of sp³-hybridized carbons (Fsp3) is 0.500. The SMILES string of the molecule is Nc1cc(Br)c(S(=O)(=O)NC2CCCC2CO)c(Br)c1. The van der Waals surface area contributed by atoms with E-state index in [1.54, 1.807) is 12.1 Å². The van der Waals surface area contributed by atoms with E-state index in [2.05, 4.69) is 36.6 Å². The summed E-state index contributed by atoms with van der Waals surface area (Å²) in [6.45, 7) is -0.00271. The second kappa shape index (κ2) is 6.31. The summed E-state index contributed by atoms with van der Waals surface area (Å²) in [5.74, 6) is -0.0175. The zero-order valence-electron chi connectivity index (χ0n) is 10.6. The Morgan fingerprint density at radius 2 is 1.90 bits per heavy atom. The lowest BCUT2D eigenvalue weighted by molar-refractivity contribution is 0.213. The number of nitrogens with one attached hydrogen (secondary N) is 1. The maximum Gasteiger partial charge on any atom is 0.243 e. The summed E-state index contributed by atoms with van der Waals surface area (Å²) in [6.07, 6.45) is 2.50. The largest absolute Gasteiger partial charge is 0.399 e. The molecule has 5 nitrogen and oxygen atoms in total. The molecule has 1 aromatic rings. The Bertz CT molecular complexity index is 584. The molecule has 2 unspecified atom stereocenters. The highest BCUT2D eigenvalue weighted by Crippen LogP contribution is 2.34. The highest BCUT2D eigenvalue weighted by atomic mass is 79.9. The molecule has 1 aromatic carbocycles. The van der Waals surface area contributed by atoms with Crippen LogP contribution in [0.15, 0.2) is 26.0 Å². The monoisotopic (exact) mass is 426 g/mol. The molecule has 0 aliphatic heterocycles. The van der Waals surface area contributed by atoms with E-state index < -0.39 is 10.0 Å². The van der Waals surface area contributed by atoms with Gasteiger partial charge in [0.2, 0.25) is 10.0 Å². The minimum atomic E-state index is -3.68. The summed E-state index contributed by atoms with van der Waals surface area (Å²) in [6, 6.07) is 2.89. The standard InChI is InChI=1S/C12H16Br2N2O3S/c13-9-4-8(15)5-10(14)12(9)20(18,19)16-11-3-1-2-7(11)6-17/h4-5,7,11,16-17H,1-3,6,15H2. The van der Waals surface area contributed by atoms with Crippen LogP contribution in [0.4, 0.5) is 5.69 Å². The van der Waals surface area contributed by atoms with E-state index in [1.807, 2.05) is 0 Å². The van der Waals surface area contributed by atoms with Crippen molar-refractivity contribution in [2.75, 3.05) is 12.3 Å². The predicted octanol–water partition coefficient (Wildman–Crippen LogP) is 2.23. The lowest BCUT2D eigenvalue weighted by Crippen LogP contribution is -2.38. The Hall–Kier alpha value is -0.150. The summed E-state index contributed by atoms with van der Waals surface area (Å²) < 4.78 is 28.5. The topological polar surface area (TPSA) is 92.4 Å². The van der Waals surface area contributed by atoms with Crippen LogP contribution in [0.1, 0.15) is 19.3 Å². The Kier molecular flexibility index (Phi) is 5.12. The van der Waals surface area contributed by atoms with Gasteiger partial charge in [0, 0.05) is 27.3 Å². The van der Waals surface area contributed by atoms with Crippen molar-refractivity contribution in [2.45, 2.75) is 30.2 Å². The van der Waals surface area contributed by atoms with Gasteiger partial charge in [0.15, 0.2) is 0 Å². The fourth-order valence-electron chi connectivity index (χ4n) is 2.50. The van der Waals surface area contributed by atoms with E-state index in [0.717, 1.165) is 19.3 Å². The molecular weight excluding hydrogens is 412 g/mol. The first-order chi connectivity index (χ1) is 9.35. The molecule has 8 heteroatoms. The zero-order chi connectivity index (χ0) is 14.9. The van der Waals surface area contributed by atoms with Gasteiger partial charge >= 0.3 is 0 Å². The maximum absolute atomic E-state index is 12.5. The van der Waals surface area contributed by atoms with Gasteiger partial charge in [0.05, 0.1) is 0 Å². The summed E-state index contributed by atoms with van der Waals surface area (Å²) >= 11 is 6.47. The zero-order valence-corrected chi connectivity index (χ0v) is 14.6. The van der Waals surface area contributed by atoms with E-state index in [-0.39, 0.29) is 23.5 Å². The Balaban J connectivity index is 2.32. The second-order valence-corrected chi connectivity index (χ2v) is 8.27. The molecule has 0 spiro atoms. The number of benzene rings is 1. The molecule has 0 saturated heterocycles. The summed E-state index contributed by atoms with van der Waals surface area (Å²) in [7, 11) is -3.68. The van der Waals surface area contributed by atoms with Crippen molar-refractivity contribution in [3.63, 3.8) is 0 Å². The van der Waals surface area contributed by atoms with Crippen LogP contribution < -0.4 is 10.5 Å². The highest BCUT2D eigenvalue weighted by Gasteiger charge is 2.32. The van der Waals surface area contributed by atoms with Crippen LogP contribution in [0.5, 0.6) is 0 Å². The average Bonchev–Trinajstić information content (AvgIpc) is 2.73. The van der Waals surface area contributed by atoms with Gasteiger partial charge in [-0.2, -0.15) is 0 Å². The van der Waals surface area contributed by atoms with Crippen LogP contribution >= 0.6 is 31.9 Å². The van der Waals surface area contributed by atoms with E-state index in [0.29, 0.717) is 14.6 Å². The van der Waals surface area contributed by atoms with Gasteiger partial charge in [-0.3, -0.25) is 0 Å². The molecular formula is C12H16Br2N2O3S. The lowest BCUT2D eigenvalue weighted by atomic mass is 10.1. The van der Waals surface area contributed by atoms with Crippen LogP contribution in [0.25, 0.3) is 0 Å². The number of hydrogen-bond acceptors (Lipinski definition) is 4. The van der Waals surface area contributed by atoms with Crippen molar-refractivity contribution < 1.29 is 13.5 Å². The maximum atomic E-state index is 12.5. The molecule has 4 N–H and O–H groups in total. The van der Waals surface area contributed by atoms with Crippen LogP contribution in [-0.4, -0.2) is 26.2 Å². The quantitative estimate of drug-likeness (QED) is 0.642. The van der Waals surface area contributed by atoms with Crippen LogP contribution in [-0.2, 0) is 10.0 Å². The molecule has 2 rings (SSSR count). The van der Waals surface area contributed by atoms with E-state index in [1.165, 1.54) is 0 Å². The number of rotatable bonds is 4. The number of nitrogens with two attached hydrogens (primary N) is 1. The van der Waals surface area contributed by atoms with Gasteiger partial charge < -0.3 is 10.8 Å². The third-order valence-corrected chi connectivity index (χ3v) is 6.86. The number of hydrogen-bond donors (Lipinski definition) is 3. The highest BCUT2D eigenvalue weighted by molar-refractivity contribution is 9.11. The molecule has 2 atom stereocenters. The molecule has 112 valence electrons. The van der Waals surface area contributed by atoms with E-state index in [4.69, 9.17) is 5.73 Å². The Morgan fingerprint density at radius 1 is 1.30 bits per heavy atom. The molecule has 0 heterocycles. The summed E-state index contributed by atoms with van der Waals surface area (Å²) in [4.78, 5) is 0.135. The number of halogens is 2. The molecule has 1 aliphatic carbocycles. The van der Waals surface area contributed by atoms with Crippen molar-refractivity contribution >= 4 is 47.6 Å². The first-order valence-corrected chi connectivity index (χ1v) is 9.30. The van der Waals surface area contributed by atoms with Crippen LogP contribution in [0.2, 0.25) is 0 Å². The van der Waals surface area contributed by atoms with Gasteiger partial charge in [0.25, 0.3) is 0 Å². The van der Waals surface area contributed by atoms with Crippen molar-refractivity contribution in [3.05, 3.63) is 21.1 Å². The van der Waals surface area contributed by atoms with Gasteiger partial charge in [-0.15, -0.1) is 0 Å². The fourth-order valence-corrected chi connectivity index (χ4v) is 6.46. The number of aliphatic hydroxyl groups excluding tert-OH is 1. The van der Waals surface area contributed by atoms with Crippen LogP contribution in [0, 0.1) is 5.92 Å². The Labute approximate surface area is 135 Å². The van der Waals surface area contributed by atoms with Gasteiger partial charge in [-0.1, -0.05) is 6.42 Å². The normalized spacial score (nSPS) is 23.1. The average molecular weight is 428 g/mol. The van der Waals surface area contributed by atoms with Gasteiger partial charge in [-0.05, 0) is 62.8 Å². The van der Waals surface area contributed by atoms with Gasteiger partial charge in [0.1, 0.15) is 4.90 Å².